The quantitative estimate of drug-likeness (QED) is 0.633. The molecule has 0 saturated carbocycles. The lowest BCUT2D eigenvalue weighted by atomic mass is 9.89. The van der Waals surface area contributed by atoms with Gasteiger partial charge in [0.05, 0.1) is 12.2 Å². The van der Waals surface area contributed by atoms with Crippen molar-refractivity contribution in [1.29, 1.82) is 10.5 Å². The van der Waals surface area contributed by atoms with Gasteiger partial charge in [-0.25, -0.2) is 0 Å². The Bertz CT molecular complexity index is 898. The zero-order valence-electron chi connectivity index (χ0n) is 14.3. The number of benzene rings is 3. The number of nitriles is 2. The van der Waals surface area contributed by atoms with Crippen molar-refractivity contribution in [2.75, 3.05) is 6.61 Å². The highest BCUT2D eigenvalue weighted by Gasteiger charge is 2.15. The van der Waals surface area contributed by atoms with Gasteiger partial charge < -0.3 is 4.74 Å². The zero-order valence-corrected chi connectivity index (χ0v) is 14.3. The van der Waals surface area contributed by atoms with Crippen LogP contribution < -0.4 is 4.74 Å². The van der Waals surface area contributed by atoms with Gasteiger partial charge in [-0.15, -0.1) is 0 Å². The van der Waals surface area contributed by atoms with Gasteiger partial charge in [0.1, 0.15) is 23.5 Å². The first kappa shape index (κ1) is 17.3. The van der Waals surface area contributed by atoms with E-state index in [0.717, 1.165) is 6.42 Å². The molecular weight excluding hydrogens is 320 g/mol. The minimum Gasteiger partial charge on any atom is -0.492 e. The highest BCUT2D eigenvalue weighted by Crippen LogP contribution is 2.29. The molecule has 3 aromatic rings. The Morgan fingerprint density at radius 2 is 1.35 bits per heavy atom. The Hall–Kier alpha value is -3.56. The van der Waals surface area contributed by atoms with Crippen LogP contribution in [0.4, 0.5) is 0 Å². The average Bonchev–Trinajstić information content (AvgIpc) is 2.72. The smallest absolute Gasteiger partial charge is 0.138 e. The third-order valence-corrected chi connectivity index (χ3v) is 4.33. The van der Waals surface area contributed by atoms with Crippen molar-refractivity contribution in [2.24, 2.45) is 0 Å². The van der Waals surface area contributed by atoms with E-state index in [0.29, 0.717) is 23.5 Å². The molecule has 0 aliphatic carbocycles. The highest BCUT2D eigenvalue weighted by molar-refractivity contribution is 5.53. The molecule has 0 amide bonds. The predicted octanol–water partition coefficient (Wildman–Crippen LogP) is 5.03. The summed E-state index contributed by atoms with van der Waals surface area (Å²) < 4.78 is 5.87. The van der Waals surface area contributed by atoms with E-state index in [-0.39, 0.29) is 5.92 Å². The second kappa shape index (κ2) is 8.51. The van der Waals surface area contributed by atoms with Gasteiger partial charge in [0.25, 0.3) is 0 Å². The van der Waals surface area contributed by atoms with Crippen LogP contribution in [0.2, 0.25) is 0 Å². The molecule has 26 heavy (non-hydrogen) atoms. The van der Waals surface area contributed by atoms with Crippen molar-refractivity contribution in [3.05, 3.63) is 101 Å². The van der Waals surface area contributed by atoms with Crippen molar-refractivity contribution in [3.8, 4) is 17.9 Å². The van der Waals surface area contributed by atoms with Crippen molar-refractivity contribution in [3.63, 3.8) is 0 Å². The van der Waals surface area contributed by atoms with E-state index < -0.39 is 0 Å². The number of hydrogen-bond acceptors (Lipinski definition) is 3. The molecule has 0 radical (unpaired) electrons. The predicted molar refractivity (Wildman–Crippen MR) is 101 cm³/mol. The molecule has 0 aliphatic heterocycles. The molecule has 0 fully saturated rings. The summed E-state index contributed by atoms with van der Waals surface area (Å²) in [7, 11) is 0. The minimum atomic E-state index is 0.210. The van der Waals surface area contributed by atoms with Crippen molar-refractivity contribution >= 4 is 0 Å². The molecule has 0 N–H and O–H groups in total. The maximum atomic E-state index is 9.31. The van der Waals surface area contributed by atoms with E-state index >= 15 is 0 Å². The number of hydrogen-bond donors (Lipinski definition) is 0. The molecule has 126 valence electrons. The normalized spacial score (nSPS) is 10.1. The average molecular weight is 338 g/mol. The van der Waals surface area contributed by atoms with Crippen LogP contribution >= 0.6 is 0 Å². The Kier molecular flexibility index (Phi) is 5.65. The van der Waals surface area contributed by atoms with E-state index in [1.54, 1.807) is 18.2 Å². The van der Waals surface area contributed by atoms with Crippen LogP contribution in [0.1, 0.15) is 34.6 Å². The van der Waals surface area contributed by atoms with Crippen LogP contribution in [0.3, 0.4) is 0 Å². The molecule has 0 atom stereocenters. The second-order valence-corrected chi connectivity index (χ2v) is 5.91. The Morgan fingerprint density at radius 3 is 1.88 bits per heavy atom. The van der Waals surface area contributed by atoms with Gasteiger partial charge >= 0.3 is 0 Å². The molecule has 0 aliphatic rings. The zero-order chi connectivity index (χ0) is 18.2. The van der Waals surface area contributed by atoms with Crippen LogP contribution in [0, 0.1) is 22.7 Å². The summed E-state index contributed by atoms with van der Waals surface area (Å²) in [5, 5.41) is 18.4. The molecule has 3 aromatic carbocycles. The Morgan fingerprint density at radius 1 is 0.731 bits per heavy atom. The maximum absolute atomic E-state index is 9.31. The van der Waals surface area contributed by atoms with Gasteiger partial charge in [0.2, 0.25) is 0 Å². The van der Waals surface area contributed by atoms with Crippen molar-refractivity contribution in [2.45, 2.75) is 12.3 Å². The third-order valence-electron chi connectivity index (χ3n) is 4.33. The van der Waals surface area contributed by atoms with E-state index in [1.807, 2.05) is 42.5 Å². The van der Waals surface area contributed by atoms with Gasteiger partial charge in [-0.2, -0.15) is 10.5 Å². The molecule has 0 heterocycles. The fraction of sp³-hybridized carbons (Fsp3) is 0.130. The first-order chi connectivity index (χ1) is 12.8. The van der Waals surface area contributed by atoms with Crippen molar-refractivity contribution in [1.82, 2.24) is 0 Å². The van der Waals surface area contributed by atoms with Crippen LogP contribution in [-0.4, -0.2) is 6.61 Å². The highest BCUT2D eigenvalue weighted by atomic mass is 16.5. The summed E-state index contributed by atoms with van der Waals surface area (Å²) >= 11 is 0. The van der Waals surface area contributed by atoms with Crippen LogP contribution in [0.5, 0.6) is 5.75 Å². The lowest BCUT2D eigenvalue weighted by molar-refractivity contribution is 0.303. The second-order valence-electron chi connectivity index (χ2n) is 5.91. The van der Waals surface area contributed by atoms with Crippen molar-refractivity contribution < 1.29 is 4.74 Å². The number of nitrogens with zero attached hydrogens (tertiary/aromatic N) is 2. The van der Waals surface area contributed by atoms with Crippen LogP contribution in [0.15, 0.2) is 78.9 Å². The first-order valence-electron chi connectivity index (χ1n) is 8.49. The molecular formula is C23H18N2O. The summed E-state index contributed by atoms with van der Waals surface area (Å²) in [4.78, 5) is 0. The summed E-state index contributed by atoms with van der Waals surface area (Å²) in [5.41, 5.74) is 3.10. The SMILES string of the molecule is N#Cc1cccc(OCCC(c2ccccc2)c2ccccc2)c1C#N. The fourth-order valence-electron chi connectivity index (χ4n) is 3.04. The van der Waals surface area contributed by atoms with Gasteiger partial charge in [-0.05, 0) is 29.7 Å². The maximum Gasteiger partial charge on any atom is 0.138 e. The monoisotopic (exact) mass is 338 g/mol. The molecule has 0 bridgehead atoms. The molecule has 3 nitrogen and oxygen atoms in total. The van der Waals surface area contributed by atoms with Gasteiger partial charge in [-0.3, -0.25) is 0 Å². The molecule has 0 spiro atoms. The lowest BCUT2D eigenvalue weighted by Crippen LogP contribution is -2.08. The summed E-state index contributed by atoms with van der Waals surface area (Å²) in [6.45, 7) is 0.456. The Labute approximate surface area is 153 Å². The fourth-order valence-corrected chi connectivity index (χ4v) is 3.04. The van der Waals surface area contributed by atoms with Gasteiger partial charge in [-0.1, -0.05) is 66.7 Å². The van der Waals surface area contributed by atoms with Gasteiger partial charge in [0.15, 0.2) is 0 Å². The molecule has 0 saturated heterocycles. The summed E-state index contributed by atoms with van der Waals surface area (Å²) in [6.07, 6.45) is 0.773. The number of ether oxygens (including phenoxy) is 1. The minimum absolute atomic E-state index is 0.210. The van der Waals surface area contributed by atoms with E-state index in [1.165, 1.54) is 11.1 Å². The third kappa shape index (κ3) is 3.91. The molecule has 0 aromatic heterocycles. The summed E-state index contributed by atoms with van der Waals surface area (Å²) in [5.74, 6) is 0.675. The van der Waals surface area contributed by atoms with Crippen LogP contribution in [-0.2, 0) is 0 Å². The number of rotatable bonds is 6. The standard InChI is InChI=1S/C23H18N2O/c24-16-20-12-7-13-23(22(20)17-25)26-15-14-21(18-8-3-1-4-9-18)19-10-5-2-6-11-19/h1-13,21H,14-15H2. The van der Waals surface area contributed by atoms with E-state index in [4.69, 9.17) is 10.00 Å². The van der Waals surface area contributed by atoms with Gasteiger partial charge in [0, 0.05) is 5.92 Å². The molecule has 0 unspecified atom stereocenters. The largest absolute Gasteiger partial charge is 0.492 e. The first-order valence-corrected chi connectivity index (χ1v) is 8.49. The van der Waals surface area contributed by atoms with E-state index in [9.17, 15) is 5.26 Å². The van der Waals surface area contributed by atoms with E-state index in [2.05, 4.69) is 30.3 Å². The topological polar surface area (TPSA) is 56.8 Å². The lowest BCUT2D eigenvalue weighted by Gasteiger charge is -2.19. The molecule has 3 rings (SSSR count). The molecule has 3 heteroatoms. The van der Waals surface area contributed by atoms with Crippen LogP contribution in [0.25, 0.3) is 0 Å². The Balaban J connectivity index is 1.78. The summed E-state index contributed by atoms with van der Waals surface area (Å²) in [6, 6.07) is 29.9.